The number of carboxylic acid groups (broad SMARTS) is 1. The van der Waals surface area contributed by atoms with Crippen LogP contribution in [0.1, 0.15) is 33.1 Å². The summed E-state index contributed by atoms with van der Waals surface area (Å²) in [4.78, 5) is 37.9. The van der Waals surface area contributed by atoms with Crippen molar-refractivity contribution in [3.8, 4) is 0 Å². The van der Waals surface area contributed by atoms with Gasteiger partial charge in [0, 0.05) is 39.0 Å². The highest BCUT2D eigenvalue weighted by Gasteiger charge is 2.27. The topological polar surface area (TPSA) is 104 Å². The van der Waals surface area contributed by atoms with E-state index in [1.165, 1.54) is 0 Å². The number of nitrogens with two attached hydrogens (primary N) is 1. The van der Waals surface area contributed by atoms with Gasteiger partial charge in [0.2, 0.25) is 11.8 Å². The van der Waals surface area contributed by atoms with Crippen LogP contribution in [-0.4, -0.2) is 64.9 Å². The molecular weight excluding hydrogens is 274 g/mol. The zero-order valence-corrected chi connectivity index (χ0v) is 12.7. The van der Waals surface area contributed by atoms with Crippen molar-refractivity contribution in [3.05, 3.63) is 0 Å². The van der Waals surface area contributed by atoms with Gasteiger partial charge >= 0.3 is 5.97 Å². The molecule has 2 amide bonds. The lowest BCUT2D eigenvalue weighted by Gasteiger charge is -2.36. The first-order valence-electron chi connectivity index (χ1n) is 7.35. The van der Waals surface area contributed by atoms with Crippen molar-refractivity contribution < 1.29 is 19.5 Å². The quantitative estimate of drug-likeness (QED) is 0.712. The summed E-state index contributed by atoms with van der Waals surface area (Å²) >= 11 is 0. The summed E-state index contributed by atoms with van der Waals surface area (Å²) in [5, 5.41) is 8.60. The van der Waals surface area contributed by atoms with Crippen molar-refractivity contribution in [1.29, 1.82) is 0 Å². The molecule has 0 saturated carbocycles. The van der Waals surface area contributed by atoms with Crippen molar-refractivity contribution >= 4 is 17.8 Å². The zero-order valence-electron chi connectivity index (χ0n) is 12.7. The largest absolute Gasteiger partial charge is 0.481 e. The number of amides is 2. The molecule has 1 unspecified atom stereocenters. The van der Waals surface area contributed by atoms with E-state index in [1.54, 1.807) is 9.80 Å². The monoisotopic (exact) mass is 299 g/mol. The molecule has 1 rings (SSSR count). The first kappa shape index (κ1) is 17.4. The number of hydrogen-bond acceptors (Lipinski definition) is 4. The summed E-state index contributed by atoms with van der Waals surface area (Å²) in [7, 11) is 0. The number of rotatable bonds is 6. The molecule has 0 aromatic carbocycles. The van der Waals surface area contributed by atoms with Gasteiger partial charge in [-0.25, -0.2) is 0 Å². The lowest BCUT2D eigenvalue weighted by molar-refractivity contribution is -0.141. The molecule has 7 heteroatoms. The van der Waals surface area contributed by atoms with E-state index in [0.717, 1.165) is 0 Å². The number of nitrogens with zero attached hydrogens (tertiary/aromatic N) is 2. The van der Waals surface area contributed by atoms with E-state index < -0.39 is 12.0 Å². The molecular formula is C14H25N3O4. The summed E-state index contributed by atoms with van der Waals surface area (Å²) < 4.78 is 0. The lowest BCUT2D eigenvalue weighted by Crippen LogP contribution is -2.54. The fraction of sp³-hybridized carbons (Fsp3) is 0.786. The molecule has 1 heterocycles. The van der Waals surface area contributed by atoms with Crippen LogP contribution in [0.5, 0.6) is 0 Å². The number of aliphatic carboxylic acids is 1. The van der Waals surface area contributed by atoms with Crippen molar-refractivity contribution in [2.45, 2.75) is 39.2 Å². The van der Waals surface area contributed by atoms with Crippen LogP contribution in [0.2, 0.25) is 0 Å². The van der Waals surface area contributed by atoms with Gasteiger partial charge in [-0.05, 0) is 12.3 Å². The molecule has 0 spiro atoms. The van der Waals surface area contributed by atoms with Gasteiger partial charge in [-0.2, -0.15) is 0 Å². The van der Waals surface area contributed by atoms with Crippen molar-refractivity contribution in [2.75, 3.05) is 26.2 Å². The van der Waals surface area contributed by atoms with Gasteiger partial charge in [0.25, 0.3) is 0 Å². The Morgan fingerprint density at radius 2 is 1.62 bits per heavy atom. The van der Waals surface area contributed by atoms with E-state index >= 15 is 0 Å². The molecule has 0 radical (unpaired) electrons. The van der Waals surface area contributed by atoms with Crippen molar-refractivity contribution in [1.82, 2.24) is 9.80 Å². The average molecular weight is 299 g/mol. The maximum absolute atomic E-state index is 12.1. The van der Waals surface area contributed by atoms with Crippen molar-refractivity contribution in [3.63, 3.8) is 0 Å². The smallest absolute Gasteiger partial charge is 0.303 e. The van der Waals surface area contributed by atoms with Gasteiger partial charge in [-0.1, -0.05) is 13.8 Å². The van der Waals surface area contributed by atoms with Crippen LogP contribution in [-0.2, 0) is 14.4 Å². The summed E-state index contributed by atoms with van der Waals surface area (Å²) in [6.45, 7) is 5.96. The fourth-order valence-electron chi connectivity index (χ4n) is 2.29. The minimum absolute atomic E-state index is 0.111. The van der Waals surface area contributed by atoms with Crippen LogP contribution in [0.3, 0.4) is 0 Å². The highest BCUT2D eigenvalue weighted by molar-refractivity contribution is 5.83. The maximum atomic E-state index is 12.1. The Balaban J connectivity index is 2.39. The van der Waals surface area contributed by atoms with Crippen LogP contribution in [0.4, 0.5) is 0 Å². The third kappa shape index (κ3) is 5.71. The SMILES string of the molecule is CC(C)CC(=O)N1CCN(C(=O)C(N)CCC(=O)O)CC1. The highest BCUT2D eigenvalue weighted by atomic mass is 16.4. The average Bonchev–Trinajstić information content (AvgIpc) is 2.43. The van der Waals surface area contributed by atoms with Crippen LogP contribution < -0.4 is 5.73 Å². The molecule has 0 bridgehead atoms. The number of piperazine rings is 1. The Morgan fingerprint density at radius 3 is 2.10 bits per heavy atom. The normalized spacial score (nSPS) is 17.0. The van der Waals surface area contributed by atoms with Gasteiger partial charge < -0.3 is 20.6 Å². The van der Waals surface area contributed by atoms with E-state index in [1.807, 2.05) is 13.8 Å². The summed E-state index contributed by atoms with van der Waals surface area (Å²) in [5.74, 6) is -0.747. The van der Waals surface area contributed by atoms with Crippen molar-refractivity contribution in [2.24, 2.45) is 11.7 Å². The van der Waals surface area contributed by atoms with E-state index in [2.05, 4.69) is 0 Å². The number of hydrogen-bond donors (Lipinski definition) is 2. The second-order valence-corrected chi connectivity index (χ2v) is 5.84. The van der Waals surface area contributed by atoms with Gasteiger partial charge in [0.1, 0.15) is 0 Å². The molecule has 1 atom stereocenters. The zero-order chi connectivity index (χ0) is 16.0. The maximum Gasteiger partial charge on any atom is 0.303 e. The predicted octanol–water partition coefficient (Wildman–Crippen LogP) is -0.105. The molecule has 1 aliphatic heterocycles. The van der Waals surface area contributed by atoms with E-state index in [-0.39, 0.29) is 24.7 Å². The van der Waals surface area contributed by atoms with Crippen LogP contribution >= 0.6 is 0 Å². The molecule has 3 N–H and O–H groups in total. The lowest BCUT2D eigenvalue weighted by atomic mass is 10.1. The molecule has 7 nitrogen and oxygen atoms in total. The third-order valence-electron chi connectivity index (χ3n) is 3.51. The molecule has 1 aliphatic rings. The summed E-state index contributed by atoms with van der Waals surface area (Å²) in [6.07, 6.45) is 0.548. The number of carbonyl (C=O) groups excluding carboxylic acids is 2. The number of carbonyl (C=O) groups is 3. The minimum Gasteiger partial charge on any atom is -0.481 e. The Bertz CT molecular complexity index is 390. The Morgan fingerprint density at radius 1 is 1.10 bits per heavy atom. The molecule has 0 aliphatic carbocycles. The van der Waals surface area contributed by atoms with E-state index in [0.29, 0.717) is 38.5 Å². The van der Waals surface area contributed by atoms with Crippen LogP contribution in [0.15, 0.2) is 0 Å². The highest BCUT2D eigenvalue weighted by Crippen LogP contribution is 2.10. The van der Waals surface area contributed by atoms with Gasteiger partial charge in [-0.3, -0.25) is 14.4 Å². The second-order valence-electron chi connectivity index (χ2n) is 5.84. The fourth-order valence-corrected chi connectivity index (χ4v) is 2.29. The molecule has 1 saturated heterocycles. The molecule has 0 aromatic rings. The second kappa shape index (κ2) is 7.97. The predicted molar refractivity (Wildman–Crippen MR) is 77.5 cm³/mol. The van der Waals surface area contributed by atoms with Gasteiger partial charge in [0.15, 0.2) is 0 Å². The molecule has 21 heavy (non-hydrogen) atoms. The Kier molecular flexibility index (Phi) is 6.61. The third-order valence-corrected chi connectivity index (χ3v) is 3.51. The Labute approximate surface area is 125 Å². The molecule has 0 aromatic heterocycles. The van der Waals surface area contributed by atoms with E-state index in [4.69, 9.17) is 10.8 Å². The molecule has 1 fully saturated rings. The first-order chi connectivity index (χ1) is 9.81. The first-order valence-corrected chi connectivity index (χ1v) is 7.35. The standard InChI is InChI=1S/C14H25N3O4/c1-10(2)9-12(18)16-5-7-17(8-6-16)14(21)11(15)3-4-13(19)20/h10-11H,3-9,15H2,1-2H3,(H,19,20). The summed E-state index contributed by atoms with van der Waals surface area (Å²) in [5.41, 5.74) is 5.72. The van der Waals surface area contributed by atoms with E-state index in [9.17, 15) is 14.4 Å². The van der Waals surface area contributed by atoms with Crippen LogP contribution in [0.25, 0.3) is 0 Å². The molecule has 120 valence electrons. The van der Waals surface area contributed by atoms with Gasteiger partial charge in [0.05, 0.1) is 6.04 Å². The Hall–Kier alpha value is -1.63. The van der Waals surface area contributed by atoms with Gasteiger partial charge in [-0.15, -0.1) is 0 Å². The minimum atomic E-state index is -0.956. The number of carboxylic acids is 1. The summed E-state index contributed by atoms with van der Waals surface area (Å²) in [6, 6.07) is -0.779. The van der Waals surface area contributed by atoms with Crippen LogP contribution in [0, 0.1) is 5.92 Å².